The number of phenols is 1. The van der Waals surface area contributed by atoms with Crippen molar-refractivity contribution in [2.24, 2.45) is 5.73 Å². The molecule has 4 nitrogen and oxygen atoms in total. The van der Waals surface area contributed by atoms with Gasteiger partial charge in [0.15, 0.2) is 0 Å². The van der Waals surface area contributed by atoms with E-state index in [1.807, 2.05) is 24.3 Å². The lowest BCUT2D eigenvalue weighted by atomic mass is 10.0. The summed E-state index contributed by atoms with van der Waals surface area (Å²) in [6.07, 6.45) is 0.434. The van der Waals surface area contributed by atoms with Crippen LogP contribution in [0, 0.1) is 0 Å². The SMILES string of the molecule is COC(=O)[C@@H](N)Cc1ccc2cc(O)ccc2c1. The van der Waals surface area contributed by atoms with Crippen molar-refractivity contribution in [3.63, 3.8) is 0 Å². The molecule has 2 aromatic carbocycles. The van der Waals surface area contributed by atoms with Gasteiger partial charge in [-0.1, -0.05) is 24.3 Å². The number of carbonyl (C=O) groups excluding carboxylic acids is 1. The number of fused-ring (bicyclic) bond motifs is 1. The van der Waals surface area contributed by atoms with Crippen LogP contribution in [0.15, 0.2) is 36.4 Å². The molecule has 0 aromatic heterocycles. The zero-order valence-electron chi connectivity index (χ0n) is 10.1. The highest BCUT2D eigenvalue weighted by Gasteiger charge is 2.14. The van der Waals surface area contributed by atoms with Crippen LogP contribution in [0.1, 0.15) is 5.56 Å². The first-order chi connectivity index (χ1) is 8.60. The number of rotatable bonds is 3. The first-order valence-electron chi connectivity index (χ1n) is 5.65. The van der Waals surface area contributed by atoms with Crippen LogP contribution in [-0.4, -0.2) is 24.2 Å². The second-order valence-corrected chi connectivity index (χ2v) is 4.20. The summed E-state index contributed by atoms with van der Waals surface area (Å²) in [6, 6.07) is 10.3. The van der Waals surface area contributed by atoms with Gasteiger partial charge in [0.05, 0.1) is 7.11 Å². The average molecular weight is 245 g/mol. The summed E-state index contributed by atoms with van der Waals surface area (Å²) in [5.74, 6) is -0.178. The van der Waals surface area contributed by atoms with E-state index in [2.05, 4.69) is 4.74 Å². The smallest absolute Gasteiger partial charge is 0.322 e. The first kappa shape index (κ1) is 12.4. The number of phenolic OH excluding ortho intramolecular Hbond substituents is 1. The Morgan fingerprint density at radius 2 is 1.94 bits per heavy atom. The Balaban J connectivity index is 2.25. The van der Waals surface area contributed by atoms with Gasteiger partial charge >= 0.3 is 5.97 Å². The monoisotopic (exact) mass is 245 g/mol. The lowest BCUT2D eigenvalue weighted by Crippen LogP contribution is -2.33. The molecule has 0 aliphatic carbocycles. The van der Waals surface area contributed by atoms with Crippen LogP contribution in [0.5, 0.6) is 5.75 Å². The highest BCUT2D eigenvalue weighted by Crippen LogP contribution is 2.21. The third kappa shape index (κ3) is 2.60. The third-order valence-corrected chi connectivity index (χ3v) is 2.85. The molecule has 0 saturated heterocycles. The van der Waals surface area contributed by atoms with E-state index in [-0.39, 0.29) is 5.75 Å². The number of aromatic hydroxyl groups is 1. The van der Waals surface area contributed by atoms with E-state index in [0.29, 0.717) is 6.42 Å². The Morgan fingerprint density at radius 3 is 2.67 bits per heavy atom. The minimum atomic E-state index is -0.649. The lowest BCUT2D eigenvalue weighted by Gasteiger charge is -2.10. The van der Waals surface area contributed by atoms with E-state index >= 15 is 0 Å². The molecule has 4 heteroatoms. The summed E-state index contributed by atoms with van der Waals surface area (Å²) in [7, 11) is 1.32. The summed E-state index contributed by atoms with van der Waals surface area (Å²) in [4.78, 5) is 11.2. The Labute approximate surface area is 105 Å². The molecule has 0 bridgehead atoms. The first-order valence-corrected chi connectivity index (χ1v) is 5.65. The van der Waals surface area contributed by atoms with Crippen LogP contribution in [0.4, 0.5) is 0 Å². The molecule has 0 heterocycles. The molecule has 1 atom stereocenters. The van der Waals surface area contributed by atoms with Crippen LogP contribution < -0.4 is 5.73 Å². The number of methoxy groups -OCH3 is 1. The molecule has 94 valence electrons. The molecule has 0 spiro atoms. The molecule has 0 radical (unpaired) electrons. The minimum Gasteiger partial charge on any atom is -0.508 e. The van der Waals surface area contributed by atoms with E-state index in [0.717, 1.165) is 16.3 Å². The minimum absolute atomic E-state index is 0.238. The van der Waals surface area contributed by atoms with Crippen molar-refractivity contribution in [1.29, 1.82) is 0 Å². The lowest BCUT2D eigenvalue weighted by molar-refractivity contribution is -0.142. The Hall–Kier alpha value is -2.07. The normalized spacial score (nSPS) is 12.3. The number of esters is 1. The summed E-state index contributed by atoms with van der Waals surface area (Å²) < 4.78 is 4.59. The molecule has 2 aromatic rings. The molecule has 0 unspecified atom stereocenters. The van der Waals surface area contributed by atoms with Crippen LogP contribution in [0.2, 0.25) is 0 Å². The summed E-state index contributed by atoms with van der Waals surface area (Å²) >= 11 is 0. The molecule has 0 fully saturated rings. The fourth-order valence-corrected chi connectivity index (χ4v) is 1.90. The topological polar surface area (TPSA) is 72.5 Å². The van der Waals surface area contributed by atoms with E-state index in [1.165, 1.54) is 7.11 Å². The van der Waals surface area contributed by atoms with Gasteiger partial charge < -0.3 is 15.6 Å². The van der Waals surface area contributed by atoms with Gasteiger partial charge in [-0.2, -0.15) is 0 Å². The quantitative estimate of drug-likeness (QED) is 0.805. The molecule has 0 aliphatic rings. The average Bonchev–Trinajstić information content (AvgIpc) is 2.38. The van der Waals surface area contributed by atoms with Crippen LogP contribution in [0.25, 0.3) is 10.8 Å². The second-order valence-electron chi connectivity index (χ2n) is 4.20. The third-order valence-electron chi connectivity index (χ3n) is 2.85. The van der Waals surface area contributed by atoms with E-state index in [9.17, 15) is 9.90 Å². The maximum atomic E-state index is 11.2. The van der Waals surface area contributed by atoms with Gasteiger partial charge in [-0.05, 0) is 34.9 Å². The Kier molecular flexibility index (Phi) is 3.48. The Morgan fingerprint density at radius 1 is 1.28 bits per heavy atom. The highest BCUT2D eigenvalue weighted by molar-refractivity contribution is 5.84. The number of carbonyl (C=O) groups is 1. The van der Waals surface area contributed by atoms with Crippen LogP contribution in [-0.2, 0) is 16.0 Å². The molecule has 18 heavy (non-hydrogen) atoms. The molecule has 0 amide bonds. The van der Waals surface area contributed by atoms with Gasteiger partial charge in [0.1, 0.15) is 11.8 Å². The van der Waals surface area contributed by atoms with Gasteiger partial charge in [-0.3, -0.25) is 4.79 Å². The van der Waals surface area contributed by atoms with E-state index < -0.39 is 12.0 Å². The number of nitrogens with two attached hydrogens (primary N) is 1. The Bertz CT molecular complexity index is 580. The molecule has 3 N–H and O–H groups in total. The van der Waals surface area contributed by atoms with E-state index in [4.69, 9.17) is 5.73 Å². The molecular weight excluding hydrogens is 230 g/mol. The van der Waals surface area contributed by atoms with Gasteiger partial charge in [-0.15, -0.1) is 0 Å². The maximum Gasteiger partial charge on any atom is 0.322 e. The van der Waals surface area contributed by atoms with Crippen molar-refractivity contribution in [2.45, 2.75) is 12.5 Å². The molecule has 0 saturated carbocycles. The zero-order chi connectivity index (χ0) is 13.1. The van der Waals surface area contributed by atoms with Crippen molar-refractivity contribution in [2.75, 3.05) is 7.11 Å². The summed E-state index contributed by atoms with van der Waals surface area (Å²) in [5, 5.41) is 11.3. The van der Waals surface area contributed by atoms with Gasteiger partial charge in [0.2, 0.25) is 0 Å². The predicted octanol–water partition coefficient (Wildman–Crippen LogP) is 1.59. The van der Waals surface area contributed by atoms with E-state index in [1.54, 1.807) is 12.1 Å². The van der Waals surface area contributed by atoms with Crippen LogP contribution >= 0.6 is 0 Å². The fraction of sp³-hybridized carbons (Fsp3) is 0.214. The van der Waals surface area contributed by atoms with Crippen molar-refractivity contribution in [1.82, 2.24) is 0 Å². The number of hydrogen-bond acceptors (Lipinski definition) is 4. The summed E-state index contributed by atoms with van der Waals surface area (Å²) in [6.45, 7) is 0. The number of ether oxygens (including phenoxy) is 1. The standard InChI is InChI=1S/C14H15NO3/c1-18-14(17)13(15)7-9-2-3-11-8-12(16)5-4-10(11)6-9/h2-6,8,13,16H,7,15H2,1H3/t13-/m0/s1. The van der Waals surface area contributed by atoms with Crippen molar-refractivity contribution < 1.29 is 14.6 Å². The second kappa shape index (κ2) is 5.06. The van der Waals surface area contributed by atoms with Gasteiger partial charge in [0.25, 0.3) is 0 Å². The van der Waals surface area contributed by atoms with Crippen molar-refractivity contribution >= 4 is 16.7 Å². The zero-order valence-corrected chi connectivity index (χ0v) is 10.1. The number of hydrogen-bond donors (Lipinski definition) is 2. The molecular formula is C14H15NO3. The van der Waals surface area contributed by atoms with Gasteiger partial charge in [-0.25, -0.2) is 0 Å². The fourth-order valence-electron chi connectivity index (χ4n) is 1.90. The highest BCUT2D eigenvalue weighted by atomic mass is 16.5. The van der Waals surface area contributed by atoms with Crippen molar-refractivity contribution in [3.8, 4) is 5.75 Å². The maximum absolute atomic E-state index is 11.2. The number of benzene rings is 2. The largest absolute Gasteiger partial charge is 0.508 e. The predicted molar refractivity (Wildman–Crippen MR) is 69.3 cm³/mol. The van der Waals surface area contributed by atoms with Crippen molar-refractivity contribution in [3.05, 3.63) is 42.0 Å². The molecule has 0 aliphatic heterocycles. The van der Waals surface area contributed by atoms with Gasteiger partial charge in [0, 0.05) is 0 Å². The molecule has 2 rings (SSSR count). The van der Waals surface area contributed by atoms with Crippen LogP contribution in [0.3, 0.4) is 0 Å². The summed E-state index contributed by atoms with van der Waals surface area (Å²) in [5.41, 5.74) is 6.68.